The van der Waals surface area contributed by atoms with E-state index in [1.54, 1.807) is 16.7 Å². The highest BCUT2D eigenvalue weighted by Gasteiger charge is 2.48. The predicted molar refractivity (Wildman–Crippen MR) is 97.8 cm³/mol. The zero-order chi connectivity index (χ0) is 15.9. The van der Waals surface area contributed by atoms with Crippen molar-refractivity contribution in [3.05, 3.63) is 71.3 Å². The van der Waals surface area contributed by atoms with Crippen molar-refractivity contribution >= 4 is 0 Å². The Morgan fingerprint density at radius 2 is 1.74 bits per heavy atom. The molecule has 4 rings (SSSR count). The van der Waals surface area contributed by atoms with E-state index in [0.717, 1.165) is 17.8 Å². The molecule has 0 heteroatoms. The molecule has 2 aliphatic rings. The van der Waals surface area contributed by atoms with Crippen LogP contribution in [-0.4, -0.2) is 0 Å². The van der Waals surface area contributed by atoms with Gasteiger partial charge in [0.05, 0.1) is 0 Å². The topological polar surface area (TPSA) is 0 Å². The van der Waals surface area contributed by atoms with Gasteiger partial charge in [0.2, 0.25) is 0 Å². The summed E-state index contributed by atoms with van der Waals surface area (Å²) in [6.45, 7) is 4.91. The van der Waals surface area contributed by atoms with E-state index in [0.29, 0.717) is 5.41 Å². The van der Waals surface area contributed by atoms with Gasteiger partial charge in [-0.25, -0.2) is 0 Å². The van der Waals surface area contributed by atoms with Gasteiger partial charge in [0, 0.05) is 0 Å². The molecule has 4 atom stereocenters. The van der Waals surface area contributed by atoms with Gasteiger partial charge < -0.3 is 0 Å². The first-order valence-corrected chi connectivity index (χ1v) is 9.38. The van der Waals surface area contributed by atoms with Gasteiger partial charge in [0.15, 0.2) is 0 Å². The minimum Gasteiger partial charge on any atom is -0.0645 e. The maximum absolute atomic E-state index is 2.49. The molecule has 0 N–H and O–H groups in total. The molecule has 0 unspecified atom stereocenters. The van der Waals surface area contributed by atoms with Crippen molar-refractivity contribution in [2.24, 2.45) is 11.8 Å². The molecule has 0 spiro atoms. The molecule has 0 heterocycles. The number of aryl methyl sites for hydroxylation is 1. The summed E-state index contributed by atoms with van der Waals surface area (Å²) >= 11 is 0. The third-order valence-electron chi connectivity index (χ3n) is 6.87. The molecule has 2 aromatic carbocycles. The highest BCUT2D eigenvalue weighted by Crippen LogP contribution is 2.57. The van der Waals surface area contributed by atoms with Gasteiger partial charge >= 0.3 is 0 Å². The maximum Gasteiger partial charge on any atom is -0.00156 e. The Bertz CT molecular complexity index is 671. The molecule has 1 fully saturated rings. The maximum atomic E-state index is 2.49. The average molecular weight is 304 g/mol. The number of fused-ring (bicyclic) bond motifs is 3. The molecular formula is C23H28. The first-order chi connectivity index (χ1) is 11.2. The van der Waals surface area contributed by atoms with Gasteiger partial charge in [-0.2, -0.15) is 0 Å². The van der Waals surface area contributed by atoms with Crippen molar-refractivity contribution < 1.29 is 0 Å². The number of hydrogen-bond acceptors (Lipinski definition) is 0. The Labute approximate surface area is 140 Å². The third kappa shape index (κ3) is 2.35. The Morgan fingerprint density at radius 1 is 1.00 bits per heavy atom. The molecule has 0 aliphatic heterocycles. The van der Waals surface area contributed by atoms with Crippen LogP contribution < -0.4 is 0 Å². The molecule has 120 valence electrons. The molecule has 0 radical (unpaired) electrons. The fraction of sp³-hybridized carbons (Fsp3) is 0.478. The molecule has 2 aliphatic carbocycles. The van der Waals surface area contributed by atoms with Crippen molar-refractivity contribution in [3.63, 3.8) is 0 Å². The van der Waals surface area contributed by atoms with E-state index in [-0.39, 0.29) is 0 Å². The fourth-order valence-corrected chi connectivity index (χ4v) is 5.71. The largest absolute Gasteiger partial charge is 0.0645 e. The van der Waals surface area contributed by atoms with Crippen LogP contribution in [0.1, 0.15) is 62.1 Å². The van der Waals surface area contributed by atoms with Crippen molar-refractivity contribution in [3.8, 4) is 0 Å². The third-order valence-corrected chi connectivity index (χ3v) is 6.87. The van der Waals surface area contributed by atoms with Crippen LogP contribution in [0.25, 0.3) is 0 Å². The summed E-state index contributed by atoms with van der Waals surface area (Å²) in [4.78, 5) is 0. The molecule has 1 saturated carbocycles. The standard InChI is InChI=1S/C23H28/c1-3-23-16-17(2)21(18-9-5-4-6-10-18)15-20(23)14-13-19-11-7-8-12-22(19)23/h4-12,17,20-21H,3,13-16H2,1-2H3/t17-,20-,21-,23-/m1/s1. The minimum absolute atomic E-state index is 0.430. The molecular weight excluding hydrogens is 276 g/mol. The number of hydrogen-bond donors (Lipinski definition) is 0. The van der Waals surface area contributed by atoms with Gasteiger partial charge in [0.1, 0.15) is 0 Å². The Balaban J connectivity index is 1.72. The number of benzene rings is 2. The summed E-state index contributed by atoms with van der Waals surface area (Å²) in [5, 5.41) is 0. The zero-order valence-electron chi connectivity index (χ0n) is 14.5. The van der Waals surface area contributed by atoms with Crippen LogP contribution in [-0.2, 0) is 11.8 Å². The monoisotopic (exact) mass is 304 g/mol. The second-order valence-corrected chi connectivity index (χ2v) is 7.84. The smallest absolute Gasteiger partial charge is 0.00156 e. The van der Waals surface area contributed by atoms with Crippen LogP contribution in [0.4, 0.5) is 0 Å². The lowest BCUT2D eigenvalue weighted by molar-refractivity contribution is 0.0994. The average Bonchev–Trinajstić information content (AvgIpc) is 2.61. The van der Waals surface area contributed by atoms with Crippen molar-refractivity contribution in [2.75, 3.05) is 0 Å². The first-order valence-electron chi connectivity index (χ1n) is 9.38. The highest BCUT2D eigenvalue weighted by molar-refractivity contribution is 5.39. The Hall–Kier alpha value is -1.56. The summed E-state index contributed by atoms with van der Waals surface area (Å²) in [6, 6.07) is 20.5. The van der Waals surface area contributed by atoms with E-state index in [1.165, 1.54) is 32.1 Å². The quantitative estimate of drug-likeness (QED) is 0.628. The van der Waals surface area contributed by atoms with E-state index in [1.807, 2.05) is 0 Å². The molecule has 0 bridgehead atoms. The molecule has 2 aromatic rings. The summed E-state index contributed by atoms with van der Waals surface area (Å²) in [5.74, 6) is 2.36. The molecule has 23 heavy (non-hydrogen) atoms. The molecule has 0 nitrogen and oxygen atoms in total. The van der Waals surface area contributed by atoms with Crippen molar-refractivity contribution in [1.82, 2.24) is 0 Å². The van der Waals surface area contributed by atoms with Gasteiger partial charge in [0.25, 0.3) is 0 Å². The normalized spacial score (nSPS) is 32.9. The Kier molecular flexibility index (Phi) is 3.79. The molecule has 0 saturated heterocycles. The predicted octanol–water partition coefficient (Wildman–Crippen LogP) is 6.11. The van der Waals surface area contributed by atoms with Gasteiger partial charge in [-0.1, -0.05) is 68.4 Å². The van der Waals surface area contributed by atoms with E-state index in [4.69, 9.17) is 0 Å². The minimum atomic E-state index is 0.430. The lowest BCUT2D eigenvalue weighted by Crippen LogP contribution is -2.45. The summed E-state index contributed by atoms with van der Waals surface area (Å²) in [7, 11) is 0. The second kappa shape index (κ2) is 5.82. The van der Waals surface area contributed by atoms with Crippen molar-refractivity contribution in [2.45, 2.75) is 57.3 Å². The van der Waals surface area contributed by atoms with E-state index in [2.05, 4.69) is 68.4 Å². The highest BCUT2D eigenvalue weighted by atomic mass is 14.5. The van der Waals surface area contributed by atoms with Gasteiger partial charge in [-0.3, -0.25) is 0 Å². The van der Waals surface area contributed by atoms with Crippen LogP contribution >= 0.6 is 0 Å². The van der Waals surface area contributed by atoms with E-state index < -0.39 is 0 Å². The second-order valence-electron chi connectivity index (χ2n) is 7.84. The summed E-state index contributed by atoms with van der Waals surface area (Å²) in [6.07, 6.45) is 6.66. The lowest BCUT2D eigenvalue weighted by atomic mass is 9.51. The fourth-order valence-electron chi connectivity index (χ4n) is 5.71. The Morgan fingerprint density at radius 3 is 2.52 bits per heavy atom. The van der Waals surface area contributed by atoms with Crippen LogP contribution in [0.15, 0.2) is 54.6 Å². The SMILES string of the molecule is CC[C@@]12C[C@@H](C)[C@H](c3ccccc3)C[C@H]1CCc1ccccc12. The molecule has 0 amide bonds. The summed E-state index contributed by atoms with van der Waals surface area (Å²) < 4.78 is 0. The van der Waals surface area contributed by atoms with Crippen LogP contribution in [0.3, 0.4) is 0 Å². The van der Waals surface area contributed by atoms with Crippen LogP contribution in [0.5, 0.6) is 0 Å². The summed E-state index contributed by atoms with van der Waals surface area (Å²) in [5.41, 5.74) is 5.29. The molecule has 0 aromatic heterocycles. The van der Waals surface area contributed by atoms with E-state index in [9.17, 15) is 0 Å². The first kappa shape index (κ1) is 15.0. The zero-order valence-corrected chi connectivity index (χ0v) is 14.5. The van der Waals surface area contributed by atoms with Crippen LogP contribution in [0, 0.1) is 11.8 Å². The van der Waals surface area contributed by atoms with Gasteiger partial charge in [-0.15, -0.1) is 0 Å². The van der Waals surface area contributed by atoms with E-state index >= 15 is 0 Å². The van der Waals surface area contributed by atoms with Crippen LogP contribution in [0.2, 0.25) is 0 Å². The lowest BCUT2D eigenvalue weighted by Gasteiger charge is -2.53. The number of rotatable bonds is 2. The van der Waals surface area contributed by atoms with Crippen molar-refractivity contribution in [1.29, 1.82) is 0 Å². The van der Waals surface area contributed by atoms with Gasteiger partial charge in [-0.05, 0) is 72.0 Å².